The number of aromatic nitrogens is 4. The third-order valence-corrected chi connectivity index (χ3v) is 10.2. The van der Waals surface area contributed by atoms with Gasteiger partial charge in [-0.3, -0.25) is 14.5 Å². The number of nitrogens with one attached hydrogen (secondary N) is 1. The van der Waals surface area contributed by atoms with Crippen molar-refractivity contribution in [1.29, 1.82) is 0 Å². The smallest absolute Gasteiger partial charge is 0.156 e. The van der Waals surface area contributed by atoms with E-state index in [1.165, 1.54) is 32.1 Å². The molecule has 1 N–H and O–H groups in total. The lowest BCUT2D eigenvalue weighted by Crippen LogP contribution is -2.46. The van der Waals surface area contributed by atoms with E-state index in [4.69, 9.17) is 0 Å². The topological polar surface area (TPSA) is 101 Å². The van der Waals surface area contributed by atoms with Crippen LogP contribution in [-0.4, -0.2) is 68.1 Å². The Balaban J connectivity index is 0.000000218. The molecule has 2 aromatic heterocycles. The molecule has 11 heteroatoms. The molecule has 3 fully saturated rings. The van der Waals surface area contributed by atoms with E-state index in [0.29, 0.717) is 24.7 Å². The Morgan fingerprint density at radius 1 is 0.775 bits per heavy atom. The molecule has 0 spiro atoms. The van der Waals surface area contributed by atoms with Gasteiger partial charge in [-0.25, -0.2) is 0 Å². The van der Waals surface area contributed by atoms with E-state index >= 15 is 0 Å². The van der Waals surface area contributed by atoms with E-state index in [0.717, 1.165) is 52.4 Å². The zero-order valence-electron chi connectivity index (χ0n) is 25.0. The molecule has 1 aliphatic carbocycles. The summed E-state index contributed by atoms with van der Waals surface area (Å²) in [5.74, 6) is 0.601. The van der Waals surface area contributed by atoms with Gasteiger partial charge in [-0.15, -0.1) is 55.5 Å². The van der Waals surface area contributed by atoms with E-state index in [1.807, 2.05) is 0 Å². The predicted molar refractivity (Wildman–Crippen MR) is 165 cm³/mol. The van der Waals surface area contributed by atoms with Gasteiger partial charge in [0.05, 0.1) is 24.9 Å². The first-order valence-electron chi connectivity index (χ1n) is 14.6. The molecule has 2 aliphatic heterocycles. The van der Waals surface area contributed by atoms with Crippen LogP contribution in [0.1, 0.15) is 113 Å². The van der Waals surface area contributed by atoms with Crippen LogP contribution in [0.4, 0.5) is 0 Å². The zero-order valence-corrected chi connectivity index (χ0v) is 27.4. The normalized spacial score (nSPS) is 22.1. The molecule has 4 heterocycles. The van der Waals surface area contributed by atoms with Crippen LogP contribution in [-0.2, 0) is 33.3 Å². The van der Waals surface area contributed by atoms with Crippen LogP contribution in [0, 0.1) is 0 Å². The molecule has 0 aromatic carbocycles. The molecular formula is C29H47ClN6O2S2. The number of hydrogen-bond acceptors (Lipinski definition) is 10. The number of carbonyl (C=O) groups excluding carboxylic acids is 2. The maximum Gasteiger partial charge on any atom is 0.156 e. The van der Waals surface area contributed by atoms with Crippen LogP contribution in [0.15, 0.2) is 0 Å². The zero-order chi connectivity index (χ0) is 28.2. The highest BCUT2D eigenvalue weighted by Crippen LogP contribution is 2.34. The molecule has 2 atom stereocenters. The van der Waals surface area contributed by atoms with Gasteiger partial charge in [0.25, 0.3) is 0 Å². The molecule has 0 bridgehead atoms. The number of ketones is 2. The number of hydrogen-bond donors (Lipinski definition) is 1. The summed E-state index contributed by atoms with van der Waals surface area (Å²) in [6.45, 7) is 14.8. The van der Waals surface area contributed by atoms with Crippen molar-refractivity contribution >= 4 is 46.6 Å². The van der Waals surface area contributed by atoms with Gasteiger partial charge in [0.15, 0.2) is 11.6 Å². The molecule has 0 amide bonds. The summed E-state index contributed by atoms with van der Waals surface area (Å²) in [5.41, 5.74) is 0.0336. The Morgan fingerprint density at radius 3 is 1.80 bits per heavy atom. The summed E-state index contributed by atoms with van der Waals surface area (Å²) in [5, 5.41) is 23.8. The second kappa shape index (κ2) is 14.2. The first-order valence-corrected chi connectivity index (χ1v) is 16.3. The lowest BCUT2D eigenvalue weighted by Gasteiger charge is -2.34. The molecule has 0 radical (unpaired) electrons. The highest BCUT2D eigenvalue weighted by molar-refractivity contribution is 7.11. The van der Waals surface area contributed by atoms with Gasteiger partial charge in [0.1, 0.15) is 20.0 Å². The van der Waals surface area contributed by atoms with Crippen molar-refractivity contribution in [3.05, 3.63) is 20.0 Å². The van der Waals surface area contributed by atoms with Crippen molar-refractivity contribution in [2.24, 2.45) is 0 Å². The molecule has 2 saturated heterocycles. The third kappa shape index (κ3) is 9.34. The number of carbonyl (C=O) groups is 2. The molecule has 5 rings (SSSR count). The van der Waals surface area contributed by atoms with Crippen molar-refractivity contribution < 1.29 is 9.59 Å². The van der Waals surface area contributed by atoms with Crippen molar-refractivity contribution in [2.75, 3.05) is 13.1 Å². The van der Waals surface area contributed by atoms with Gasteiger partial charge in [0, 0.05) is 16.9 Å². The third-order valence-electron chi connectivity index (χ3n) is 7.50. The minimum absolute atomic E-state index is 0. The highest BCUT2D eigenvalue weighted by atomic mass is 35.5. The number of Topliss-reactive ketones (excluding diaryl/α,β-unsaturated/α-hetero) is 2. The van der Waals surface area contributed by atoms with E-state index in [9.17, 15) is 9.59 Å². The van der Waals surface area contributed by atoms with Gasteiger partial charge in [0.2, 0.25) is 0 Å². The van der Waals surface area contributed by atoms with E-state index < -0.39 is 0 Å². The summed E-state index contributed by atoms with van der Waals surface area (Å²) >= 11 is 3.16. The Morgan fingerprint density at radius 2 is 1.32 bits per heavy atom. The number of halogens is 1. The number of rotatable bonds is 7. The molecule has 40 heavy (non-hydrogen) atoms. The van der Waals surface area contributed by atoms with Crippen LogP contribution in [0.2, 0.25) is 0 Å². The lowest BCUT2D eigenvalue weighted by molar-refractivity contribution is -0.125. The minimum atomic E-state index is 0. The van der Waals surface area contributed by atoms with Gasteiger partial charge < -0.3 is 5.32 Å². The maximum atomic E-state index is 12.7. The maximum absolute atomic E-state index is 12.7. The second-order valence-corrected chi connectivity index (χ2v) is 15.4. The average molecular weight is 611 g/mol. The Kier molecular flexibility index (Phi) is 11.8. The first kappa shape index (κ1) is 33.2. The fraction of sp³-hybridized carbons (Fsp3) is 0.793. The molecule has 2 aromatic rings. The quantitative estimate of drug-likeness (QED) is 0.440. The van der Waals surface area contributed by atoms with Crippen molar-refractivity contribution in [3.63, 3.8) is 0 Å². The largest absolute Gasteiger partial charge is 0.307 e. The van der Waals surface area contributed by atoms with Crippen LogP contribution in [0.5, 0.6) is 0 Å². The lowest BCUT2D eigenvalue weighted by atomic mass is 9.97. The van der Waals surface area contributed by atoms with Crippen LogP contribution in [0.25, 0.3) is 0 Å². The van der Waals surface area contributed by atoms with Crippen molar-refractivity contribution in [2.45, 2.75) is 135 Å². The fourth-order valence-electron chi connectivity index (χ4n) is 5.06. The standard InChI is InChI=1S/C16H25N3OS.C13H21N3OS.ClH/c1-16(2,3)15-18-17-14(21-15)10-13(20)12-6-4-5-9-19(12)11-7-8-11;1-13(2,3)12-16-15-11(18-12)8-10(17)9-6-4-5-7-14-9;/h11-12H,4-10H2,1-3H3;9,14H,4-8H2,1-3H3;1H/t12-;9-;/m00./s1. The molecule has 1 saturated carbocycles. The van der Waals surface area contributed by atoms with E-state index in [-0.39, 0.29) is 41.1 Å². The van der Waals surface area contributed by atoms with Crippen LogP contribution >= 0.6 is 35.1 Å². The first-order chi connectivity index (χ1) is 18.4. The predicted octanol–water partition coefficient (Wildman–Crippen LogP) is 5.48. The summed E-state index contributed by atoms with van der Waals surface area (Å²) < 4.78 is 0. The fourth-order valence-corrected chi connectivity index (χ4v) is 6.88. The molecular weight excluding hydrogens is 564 g/mol. The minimum Gasteiger partial charge on any atom is -0.307 e. The van der Waals surface area contributed by atoms with E-state index in [1.54, 1.807) is 22.7 Å². The second-order valence-electron chi connectivity index (χ2n) is 13.3. The van der Waals surface area contributed by atoms with Crippen molar-refractivity contribution in [3.8, 4) is 0 Å². The van der Waals surface area contributed by atoms with Crippen LogP contribution < -0.4 is 5.32 Å². The van der Waals surface area contributed by atoms with Gasteiger partial charge in [-0.2, -0.15) is 0 Å². The van der Waals surface area contributed by atoms with Gasteiger partial charge in [-0.1, -0.05) is 54.4 Å². The van der Waals surface area contributed by atoms with Crippen LogP contribution in [0.3, 0.4) is 0 Å². The summed E-state index contributed by atoms with van der Waals surface area (Å²) in [7, 11) is 0. The Hall–Kier alpha value is -1.33. The average Bonchev–Trinajstić information content (AvgIpc) is 3.42. The SMILES string of the molecule is CC(C)(C)c1nnc(CC(=O)[C@@H]2CCCCN2)s1.CC(C)(C)c1nnc(CC(=O)[C@@H]2CCCCN2C2CC2)s1.Cl. The molecule has 8 nitrogen and oxygen atoms in total. The van der Waals surface area contributed by atoms with E-state index in [2.05, 4.69) is 72.2 Å². The Bertz CT molecular complexity index is 1110. The number of nitrogens with zero attached hydrogens (tertiary/aromatic N) is 5. The number of likely N-dealkylation sites (tertiary alicyclic amines) is 1. The van der Waals surface area contributed by atoms with Gasteiger partial charge >= 0.3 is 0 Å². The Labute approximate surface area is 253 Å². The molecule has 224 valence electrons. The number of piperidine rings is 2. The molecule has 3 aliphatic rings. The highest BCUT2D eigenvalue weighted by Gasteiger charge is 2.38. The van der Waals surface area contributed by atoms with Crippen molar-refractivity contribution in [1.82, 2.24) is 30.6 Å². The monoisotopic (exact) mass is 610 g/mol. The van der Waals surface area contributed by atoms with Gasteiger partial charge in [-0.05, 0) is 51.6 Å². The summed E-state index contributed by atoms with van der Waals surface area (Å²) in [6.07, 6.45) is 10.2. The molecule has 0 unspecified atom stereocenters. The summed E-state index contributed by atoms with van der Waals surface area (Å²) in [4.78, 5) is 27.2. The summed E-state index contributed by atoms with van der Waals surface area (Å²) in [6, 6.07) is 0.841.